The van der Waals surface area contributed by atoms with Gasteiger partial charge in [0.25, 0.3) is 0 Å². The fraction of sp³-hybridized carbons (Fsp3) is 0.500. The number of likely N-dealkylation sites (tertiary alicyclic amines) is 1. The number of nitrogens with zero attached hydrogens (tertiary/aromatic N) is 5. The summed E-state index contributed by atoms with van der Waals surface area (Å²) in [5.74, 6) is 0.901. The van der Waals surface area contributed by atoms with Crippen LogP contribution in [0, 0.1) is 0 Å². The van der Waals surface area contributed by atoms with Gasteiger partial charge in [0.2, 0.25) is 0 Å². The summed E-state index contributed by atoms with van der Waals surface area (Å²) in [6.07, 6.45) is -1.03. The summed E-state index contributed by atoms with van der Waals surface area (Å²) in [6.45, 7) is 6.18. The number of alkyl halides is 3. The molecule has 9 heteroatoms. The van der Waals surface area contributed by atoms with E-state index in [0.717, 1.165) is 54.4 Å². The van der Waals surface area contributed by atoms with E-state index in [0.29, 0.717) is 11.4 Å². The molecule has 6 nitrogen and oxygen atoms in total. The van der Waals surface area contributed by atoms with Gasteiger partial charge < -0.3 is 5.32 Å². The van der Waals surface area contributed by atoms with Crippen LogP contribution in [-0.2, 0) is 12.7 Å². The Morgan fingerprint density at radius 1 is 1.19 bits per heavy atom. The fourth-order valence-corrected chi connectivity index (χ4v) is 4.13. The number of rotatable bonds is 5. The van der Waals surface area contributed by atoms with E-state index in [1.165, 1.54) is 0 Å². The molecule has 1 aliphatic heterocycles. The molecule has 0 radical (unpaired) electrons. The molecule has 4 heterocycles. The van der Waals surface area contributed by atoms with Crippen LogP contribution >= 0.6 is 0 Å². The Bertz CT molecular complexity index is 1050. The van der Waals surface area contributed by atoms with Gasteiger partial charge in [0.05, 0.1) is 5.69 Å². The molecule has 4 rings (SSSR count). The summed E-state index contributed by atoms with van der Waals surface area (Å²) < 4.78 is 41.8. The van der Waals surface area contributed by atoms with Crippen LogP contribution in [0.15, 0.2) is 30.5 Å². The van der Waals surface area contributed by atoms with E-state index in [1.54, 1.807) is 12.3 Å². The molecule has 3 aromatic heterocycles. The van der Waals surface area contributed by atoms with Gasteiger partial charge in [-0.15, -0.1) is 0 Å². The van der Waals surface area contributed by atoms with E-state index in [2.05, 4.69) is 31.3 Å². The van der Waals surface area contributed by atoms with Crippen LogP contribution in [0.1, 0.15) is 61.2 Å². The summed E-state index contributed by atoms with van der Waals surface area (Å²) in [6, 6.07) is 6.83. The van der Waals surface area contributed by atoms with Gasteiger partial charge >= 0.3 is 6.18 Å². The van der Waals surface area contributed by atoms with Crippen LogP contribution in [0.3, 0.4) is 0 Å². The monoisotopic (exact) mass is 432 g/mol. The van der Waals surface area contributed by atoms with Crippen LogP contribution in [-0.4, -0.2) is 44.6 Å². The van der Waals surface area contributed by atoms with Gasteiger partial charge in [-0.05, 0) is 44.0 Å². The van der Waals surface area contributed by atoms with Crippen molar-refractivity contribution in [2.24, 2.45) is 0 Å². The normalized spacial score (nSPS) is 16.4. The Morgan fingerprint density at radius 2 is 1.94 bits per heavy atom. The SMILES string of the molecule is CNc1ncccc1CN1CCC(c2cc3nc(C(C)C)cc(C(F)(F)F)n3n2)CC1. The molecule has 0 aromatic carbocycles. The molecule has 0 spiro atoms. The maximum Gasteiger partial charge on any atom is 0.433 e. The summed E-state index contributed by atoms with van der Waals surface area (Å²) in [4.78, 5) is 11.1. The summed E-state index contributed by atoms with van der Waals surface area (Å²) in [7, 11) is 1.86. The average molecular weight is 432 g/mol. The van der Waals surface area contributed by atoms with Crippen molar-refractivity contribution in [1.29, 1.82) is 0 Å². The van der Waals surface area contributed by atoms with E-state index in [4.69, 9.17) is 0 Å². The number of fused-ring (bicyclic) bond motifs is 1. The second-order valence-corrected chi connectivity index (χ2v) is 8.37. The molecule has 1 aliphatic rings. The molecular formula is C22H27F3N6. The summed E-state index contributed by atoms with van der Waals surface area (Å²) >= 11 is 0. The van der Waals surface area contributed by atoms with Crippen molar-refractivity contribution in [3.63, 3.8) is 0 Å². The second kappa shape index (κ2) is 8.45. The molecule has 0 bridgehead atoms. The van der Waals surface area contributed by atoms with E-state index >= 15 is 0 Å². The molecule has 0 saturated carbocycles. The molecule has 0 unspecified atom stereocenters. The van der Waals surface area contributed by atoms with Gasteiger partial charge in [0.15, 0.2) is 5.65 Å². The zero-order valence-corrected chi connectivity index (χ0v) is 17.9. The van der Waals surface area contributed by atoms with Gasteiger partial charge in [-0.3, -0.25) is 4.90 Å². The van der Waals surface area contributed by atoms with Crippen LogP contribution in [0.25, 0.3) is 5.65 Å². The predicted octanol–water partition coefficient (Wildman–Crippen LogP) is 4.69. The smallest absolute Gasteiger partial charge is 0.373 e. The van der Waals surface area contributed by atoms with Crippen molar-refractivity contribution in [1.82, 2.24) is 24.5 Å². The first-order chi connectivity index (χ1) is 14.8. The lowest BCUT2D eigenvalue weighted by Crippen LogP contribution is -2.32. The quantitative estimate of drug-likeness (QED) is 0.634. The van der Waals surface area contributed by atoms with E-state index in [-0.39, 0.29) is 17.5 Å². The zero-order valence-electron chi connectivity index (χ0n) is 17.9. The maximum atomic E-state index is 13.6. The third-order valence-corrected chi connectivity index (χ3v) is 5.88. The topological polar surface area (TPSA) is 58.4 Å². The zero-order chi connectivity index (χ0) is 22.2. The largest absolute Gasteiger partial charge is 0.433 e. The predicted molar refractivity (Wildman–Crippen MR) is 113 cm³/mol. The highest BCUT2D eigenvalue weighted by Crippen LogP contribution is 2.34. The summed E-state index contributed by atoms with van der Waals surface area (Å²) in [5.41, 5.74) is 1.76. The Labute approximate surface area is 179 Å². The van der Waals surface area contributed by atoms with Gasteiger partial charge in [-0.25, -0.2) is 14.5 Å². The number of aromatic nitrogens is 4. The number of anilines is 1. The molecule has 3 aromatic rings. The highest BCUT2D eigenvalue weighted by Gasteiger charge is 2.36. The summed E-state index contributed by atoms with van der Waals surface area (Å²) in [5, 5.41) is 7.45. The van der Waals surface area contributed by atoms with Crippen LogP contribution in [0.5, 0.6) is 0 Å². The first-order valence-corrected chi connectivity index (χ1v) is 10.6. The number of halogens is 3. The van der Waals surface area contributed by atoms with Gasteiger partial charge in [-0.1, -0.05) is 19.9 Å². The fourth-order valence-electron chi connectivity index (χ4n) is 4.13. The Balaban J connectivity index is 1.53. The lowest BCUT2D eigenvalue weighted by atomic mass is 9.93. The van der Waals surface area contributed by atoms with Gasteiger partial charge in [0, 0.05) is 43.0 Å². The minimum atomic E-state index is -4.48. The molecule has 31 heavy (non-hydrogen) atoms. The van der Waals surface area contributed by atoms with Gasteiger partial charge in [-0.2, -0.15) is 18.3 Å². The average Bonchev–Trinajstić information content (AvgIpc) is 3.17. The number of pyridine rings is 1. The molecule has 166 valence electrons. The number of piperidine rings is 1. The minimum absolute atomic E-state index is 0.0948. The third kappa shape index (κ3) is 4.51. The highest BCUT2D eigenvalue weighted by molar-refractivity contribution is 5.44. The van der Waals surface area contributed by atoms with Crippen molar-refractivity contribution in [2.75, 3.05) is 25.5 Å². The molecule has 0 aliphatic carbocycles. The maximum absolute atomic E-state index is 13.6. The van der Waals surface area contributed by atoms with Crippen molar-refractivity contribution >= 4 is 11.5 Å². The number of hydrogen-bond acceptors (Lipinski definition) is 5. The lowest BCUT2D eigenvalue weighted by molar-refractivity contribution is -0.142. The minimum Gasteiger partial charge on any atom is -0.373 e. The van der Waals surface area contributed by atoms with Crippen LogP contribution in [0.4, 0.5) is 19.0 Å². The highest BCUT2D eigenvalue weighted by atomic mass is 19.4. The van der Waals surface area contributed by atoms with Crippen LogP contribution in [0.2, 0.25) is 0 Å². The van der Waals surface area contributed by atoms with Gasteiger partial charge in [0.1, 0.15) is 11.5 Å². The standard InChI is InChI=1S/C22H27F3N6/c1-14(2)17-11-19(22(23,24)25)31-20(28-17)12-18(29-31)15-6-9-30(10-7-15)13-16-5-4-8-27-21(16)26-3/h4-5,8,11-12,14-15H,6-7,9-10,13H2,1-3H3,(H,26,27). The first-order valence-electron chi connectivity index (χ1n) is 10.6. The molecule has 0 amide bonds. The Kier molecular flexibility index (Phi) is 5.88. The molecule has 1 saturated heterocycles. The Morgan fingerprint density at radius 3 is 2.58 bits per heavy atom. The van der Waals surface area contributed by atoms with Crippen molar-refractivity contribution < 1.29 is 13.2 Å². The lowest BCUT2D eigenvalue weighted by Gasteiger charge is -2.31. The number of hydrogen-bond donors (Lipinski definition) is 1. The molecule has 1 fully saturated rings. The second-order valence-electron chi connectivity index (χ2n) is 8.37. The third-order valence-electron chi connectivity index (χ3n) is 5.88. The first kappa shape index (κ1) is 21.5. The molecule has 1 N–H and O–H groups in total. The molecule has 0 atom stereocenters. The van der Waals surface area contributed by atoms with E-state index in [9.17, 15) is 13.2 Å². The Hall–Kier alpha value is -2.68. The number of nitrogens with one attached hydrogen (secondary N) is 1. The van der Waals surface area contributed by atoms with Crippen LogP contribution < -0.4 is 5.32 Å². The van der Waals surface area contributed by atoms with E-state index in [1.807, 2.05) is 27.0 Å². The van der Waals surface area contributed by atoms with Crippen molar-refractivity contribution in [2.45, 2.75) is 51.2 Å². The van der Waals surface area contributed by atoms with Crippen molar-refractivity contribution in [3.8, 4) is 0 Å². The van der Waals surface area contributed by atoms with E-state index < -0.39 is 11.9 Å². The van der Waals surface area contributed by atoms with Crippen molar-refractivity contribution in [3.05, 3.63) is 53.1 Å². The molecular weight excluding hydrogens is 405 g/mol.